The molecule has 3 saturated heterocycles. The molecule has 3 aliphatic heterocycles. The van der Waals surface area contributed by atoms with Crippen molar-refractivity contribution in [3.05, 3.63) is 24.4 Å². The number of nitrogens with zero attached hydrogens (tertiary/aromatic N) is 4. The number of piperazine rings is 1. The van der Waals surface area contributed by atoms with Gasteiger partial charge in [-0.15, -0.1) is 0 Å². The second-order valence-corrected chi connectivity index (χ2v) is 8.49. The molecule has 28 heavy (non-hydrogen) atoms. The van der Waals surface area contributed by atoms with Crippen molar-refractivity contribution >= 4 is 5.82 Å². The number of rotatable bonds is 8. The molecule has 4 heterocycles. The third-order valence-electron chi connectivity index (χ3n) is 6.34. The maximum atomic E-state index is 5.87. The summed E-state index contributed by atoms with van der Waals surface area (Å²) in [6.07, 6.45) is 7.29. The van der Waals surface area contributed by atoms with Gasteiger partial charge >= 0.3 is 0 Å². The van der Waals surface area contributed by atoms with Gasteiger partial charge in [-0.3, -0.25) is 4.90 Å². The summed E-state index contributed by atoms with van der Waals surface area (Å²) in [5.41, 5.74) is 0. The highest BCUT2D eigenvalue weighted by molar-refractivity contribution is 5.38. The van der Waals surface area contributed by atoms with Crippen molar-refractivity contribution in [2.24, 2.45) is 5.92 Å². The number of piperidine rings is 1. The summed E-state index contributed by atoms with van der Waals surface area (Å²) in [6.45, 7) is 11.8. The third kappa shape index (κ3) is 5.89. The summed E-state index contributed by atoms with van der Waals surface area (Å²) >= 11 is 0. The zero-order chi connectivity index (χ0) is 19.0. The van der Waals surface area contributed by atoms with Crippen molar-refractivity contribution in [1.82, 2.24) is 14.8 Å². The third-order valence-corrected chi connectivity index (χ3v) is 6.34. The SMILES string of the molecule is c1ccc(N2CCN(CC3CCCN(CCOCC4CCCO4)C3)CC2)nc1. The van der Waals surface area contributed by atoms with E-state index in [1.807, 2.05) is 12.3 Å². The summed E-state index contributed by atoms with van der Waals surface area (Å²) in [5, 5.41) is 0. The van der Waals surface area contributed by atoms with Crippen LogP contribution in [0.15, 0.2) is 24.4 Å². The number of anilines is 1. The maximum absolute atomic E-state index is 5.87. The van der Waals surface area contributed by atoms with Crippen LogP contribution in [-0.2, 0) is 9.47 Å². The minimum atomic E-state index is 0.346. The van der Waals surface area contributed by atoms with Crippen molar-refractivity contribution in [3.63, 3.8) is 0 Å². The first-order chi connectivity index (χ1) is 13.9. The van der Waals surface area contributed by atoms with E-state index >= 15 is 0 Å². The fourth-order valence-corrected chi connectivity index (χ4v) is 4.75. The van der Waals surface area contributed by atoms with Crippen LogP contribution in [0.2, 0.25) is 0 Å². The Morgan fingerprint density at radius 2 is 1.96 bits per heavy atom. The van der Waals surface area contributed by atoms with Crippen molar-refractivity contribution < 1.29 is 9.47 Å². The number of hydrogen-bond donors (Lipinski definition) is 0. The quantitative estimate of drug-likeness (QED) is 0.636. The van der Waals surface area contributed by atoms with Crippen LogP contribution < -0.4 is 4.90 Å². The molecule has 0 aliphatic carbocycles. The van der Waals surface area contributed by atoms with E-state index in [0.29, 0.717) is 6.10 Å². The van der Waals surface area contributed by atoms with Crippen LogP contribution in [0.5, 0.6) is 0 Å². The number of likely N-dealkylation sites (tertiary alicyclic amines) is 1. The molecule has 6 heteroatoms. The lowest BCUT2D eigenvalue weighted by Crippen LogP contribution is -2.50. The first-order valence-electron chi connectivity index (χ1n) is 11.2. The molecule has 2 atom stereocenters. The Kier molecular flexibility index (Phi) is 7.55. The van der Waals surface area contributed by atoms with E-state index < -0.39 is 0 Å². The Bertz CT molecular complexity index is 559. The van der Waals surface area contributed by atoms with Crippen LogP contribution in [0, 0.1) is 5.92 Å². The average molecular weight is 389 g/mol. The molecule has 0 radical (unpaired) electrons. The average Bonchev–Trinajstić information content (AvgIpc) is 3.26. The molecule has 3 aliphatic rings. The van der Waals surface area contributed by atoms with Gasteiger partial charge < -0.3 is 19.3 Å². The summed E-state index contributed by atoms with van der Waals surface area (Å²) in [5.74, 6) is 1.92. The van der Waals surface area contributed by atoms with E-state index in [2.05, 4.69) is 31.8 Å². The van der Waals surface area contributed by atoms with E-state index in [1.165, 1.54) is 45.3 Å². The molecule has 4 rings (SSSR count). The van der Waals surface area contributed by atoms with Gasteiger partial charge in [-0.25, -0.2) is 4.98 Å². The fourth-order valence-electron chi connectivity index (χ4n) is 4.75. The van der Waals surface area contributed by atoms with Crippen LogP contribution in [0.4, 0.5) is 5.82 Å². The zero-order valence-corrected chi connectivity index (χ0v) is 17.2. The predicted octanol–water partition coefficient (Wildman–Crippen LogP) is 2.11. The van der Waals surface area contributed by atoms with Crippen molar-refractivity contribution in [1.29, 1.82) is 0 Å². The Labute approximate surface area is 169 Å². The van der Waals surface area contributed by atoms with Crippen LogP contribution in [-0.4, -0.2) is 93.1 Å². The van der Waals surface area contributed by atoms with Gasteiger partial charge in [-0.2, -0.15) is 0 Å². The second-order valence-electron chi connectivity index (χ2n) is 8.49. The molecule has 0 bridgehead atoms. The molecule has 1 aromatic rings. The van der Waals surface area contributed by atoms with Gasteiger partial charge in [-0.05, 0) is 50.3 Å². The molecular weight excluding hydrogens is 352 g/mol. The van der Waals surface area contributed by atoms with E-state index in [0.717, 1.165) is 64.3 Å². The van der Waals surface area contributed by atoms with Gasteiger partial charge in [0.1, 0.15) is 5.82 Å². The van der Waals surface area contributed by atoms with E-state index in [-0.39, 0.29) is 0 Å². The summed E-state index contributed by atoms with van der Waals surface area (Å²) in [7, 11) is 0. The molecule has 0 N–H and O–H groups in total. The Morgan fingerprint density at radius 1 is 1.04 bits per heavy atom. The highest BCUT2D eigenvalue weighted by atomic mass is 16.5. The van der Waals surface area contributed by atoms with Crippen LogP contribution in [0.25, 0.3) is 0 Å². The molecule has 0 amide bonds. The lowest BCUT2D eigenvalue weighted by atomic mass is 9.97. The molecule has 6 nitrogen and oxygen atoms in total. The molecule has 1 aromatic heterocycles. The first-order valence-corrected chi connectivity index (χ1v) is 11.2. The van der Waals surface area contributed by atoms with Gasteiger partial charge in [0, 0.05) is 58.6 Å². The zero-order valence-electron chi connectivity index (χ0n) is 17.2. The van der Waals surface area contributed by atoms with Gasteiger partial charge in [0.05, 0.1) is 19.3 Å². The van der Waals surface area contributed by atoms with Crippen LogP contribution in [0.3, 0.4) is 0 Å². The largest absolute Gasteiger partial charge is 0.377 e. The second kappa shape index (κ2) is 10.5. The summed E-state index contributed by atoms with van der Waals surface area (Å²) < 4.78 is 11.5. The van der Waals surface area contributed by atoms with Crippen molar-refractivity contribution in [2.45, 2.75) is 31.8 Å². The van der Waals surface area contributed by atoms with E-state index in [1.54, 1.807) is 0 Å². The summed E-state index contributed by atoms with van der Waals surface area (Å²) in [4.78, 5) is 12.2. The molecular formula is C22H36N4O2. The van der Waals surface area contributed by atoms with Gasteiger partial charge in [-0.1, -0.05) is 6.07 Å². The standard InChI is InChI=1S/C22H36N4O2/c1-2-8-23-22(7-1)26-12-10-25(11-13-26)18-20-5-3-9-24(17-20)14-16-27-19-21-6-4-15-28-21/h1-2,7-8,20-21H,3-6,9-19H2. The molecule has 0 spiro atoms. The lowest BCUT2D eigenvalue weighted by molar-refractivity contribution is 0.00630. The van der Waals surface area contributed by atoms with E-state index in [4.69, 9.17) is 9.47 Å². The normalized spacial score (nSPS) is 27.4. The van der Waals surface area contributed by atoms with Gasteiger partial charge in [0.2, 0.25) is 0 Å². The summed E-state index contributed by atoms with van der Waals surface area (Å²) in [6, 6.07) is 6.19. The van der Waals surface area contributed by atoms with Gasteiger partial charge in [0.25, 0.3) is 0 Å². The molecule has 2 unspecified atom stereocenters. The highest BCUT2D eigenvalue weighted by Crippen LogP contribution is 2.20. The van der Waals surface area contributed by atoms with Crippen molar-refractivity contribution in [3.8, 4) is 0 Å². The minimum Gasteiger partial charge on any atom is -0.377 e. The Hall–Kier alpha value is -1.21. The highest BCUT2D eigenvalue weighted by Gasteiger charge is 2.25. The minimum absolute atomic E-state index is 0.346. The maximum Gasteiger partial charge on any atom is 0.128 e. The Morgan fingerprint density at radius 3 is 2.75 bits per heavy atom. The first kappa shape index (κ1) is 20.1. The molecule has 156 valence electrons. The number of hydrogen-bond acceptors (Lipinski definition) is 6. The number of ether oxygens (including phenoxy) is 2. The lowest BCUT2D eigenvalue weighted by Gasteiger charge is -2.39. The Balaban J connectivity index is 1.12. The predicted molar refractivity (Wildman–Crippen MR) is 112 cm³/mol. The van der Waals surface area contributed by atoms with Crippen LogP contribution in [0.1, 0.15) is 25.7 Å². The van der Waals surface area contributed by atoms with Crippen LogP contribution >= 0.6 is 0 Å². The molecule has 3 fully saturated rings. The smallest absolute Gasteiger partial charge is 0.128 e. The number of aromatic nitrogens is 1. The van der Waals surface area contributed by atoms with Gasteiger partial charge in [0.15, 0.2) is 0 Å². The topological polar surface area (TPSA) is 41.1 Å². The van der Waals surface area contributed by atoms with Crippen molar-refractivity contribution in [2.75, 3.05) is 77.1 Å². The van der Waals surface area contributed by atoms with E-state index in [9.17, 15) is 0 Å². The fraction of sp³-hybridized carbons (Fsp3) is 0.773. The molecule has 0 aromatic carbocycles. The molecule has 0 saturated carbocycles. The number of pyridine rings is 1. The monoisotopic (exact) mass is 388 g/mol.